The highest BCUT2D eigenvalue weighted by atomic mass is 35.5. The molecule has 2 aromatic rings. The van der Waals surface area contributed by atoms with Gasteiger partial charge in [0.25, 0.3) is 0 Å². The zero-order chi connectivity index (χ0) is 17.5. The molecule has 1 atom stereocenters. The van der Waals surface area contributed by atoms with Crippen LogP contribution in [0.3, 0.4) is 0 Å². The number of hydrogen-bond donors (Lipinski definition) is 2. The molecule has 5 heteroatoms. The average molecular weight is 337 g/mol. The molecule has 2 N–H and O–H groups in total. The fraction of sp³-hybridized carbons (Fsp3) is 0.500. The summed E-state index contributed by atoms with van der Waals surface area (Å²) >= 11 is 6.03. The van der Waals surface area contributed by atoms with Crippen molar-refractivity contribution in [2.24, 2.45) is 4.99 Å². The molecule has 0 aliphatic heterocycles. The molecular weight excluding hydrogens is 310 g/mol. The monoisotopic (exact) mass is 336 g/mol. The number of aliphatic hydroxyl groups is 1. The Bertz CT molecular complexity index is 732. The van der Waals surface area contributed by atoms with Crippen molar-refractivity contribution in [3.05, 3.63) is 40.8 Å². The summed E-state index contributed by atoms with van der Waals surface area (Å²) < 4.78 is 8.14. The summed E-state index contributed by atoms with van der Waals surface area (Å²) in [5.41, 5.74) is 0.893. The molecule has 4 nitrogen and oxygen atoms in total. The van der Waals surface area contributed by atoms with E-state index in [9.17, 15) is 0 Å². The Morgan fingerprint density at radius 3 is 3.00 bits per heavy atom. The number of pyridine rings is 1. The Morgan fingerprint density at radius 2 is 2.26 bits per heavy atom. The summed E-state index contributed by atoms with van der Waals surface area (Å²) in [6, 6.07) is 6.14. The number of nitrogens with zero attached hydrogens (tertiary/aromatic N) is 2. The molecule has 0 saturated carbocycles. The molecule has 2 rings (SSSR count). The van der Waals surface area contributed by atoms with Crippen LogP contribution < -0.4 is 5.36 Å². The van der Waals surface area contributed by atoms with Gasteiger partial charge in [-0.2, -0.15) is 0 Å². The SMILES string of the molecule is [2H]c1c[nH]c2cc(Cl)ccc2c1=NC(C)CCCN(CC)CCO. The predicted molar refractivity (Wildman–Crippen MR) is 96.8 cm³/mol. The number of benzene rings is 1. The second-order valence-corrected chi connectivity index (χ2v) is 6.19. The van der Waals surface area contributed by atoms with Crippen LogP contribution in [0.1, 0.15) is 28.1 Å². The van der Waals surface area contributed by atoms with Crippen LogP contribution in [0.4, 0.5) is 0 Å². The van der Waals surface area contributed by atoms with Gasteiger partial charge in [-0.1, -0.05) is 18.5 Å². The average Bonchev–Trinajstić information content (AvgIpc) is 2.56. The van der Waals surface area contributed by atoms with E-state index in [1.165, 1.54) is 0 Å². The van der Waals surface area contributed by atoms with Gasteiger partial charge in [-0.25, -0.2) is 0 Å². The minimum Gasteiger partial charge on any atom is -0.395 e. The van der Waals surface area contributed by atoms with Crippen molar-refractivity contribution in [1.29, 1.82) is 0 Å². The molecule has 1 aromatic heterocycles. The third-order valence-corrected chi connectivity index (χ3v) is 4.22. The largest absolute Gasteiger partial charge is 0.395 e. The number of hydrogen-bond acceptors (Lipinski definition) is 3. The fourth-order valence-electron chi connectivity index (χ4n) is 2.67. The van der Waals surface area contributed by atoms with E-state index in [4.69, 9.17) is 23.1 Å². The zero-order valence-corrected chi connectivity index (χ0v) is 14.6. The maximum absolute atomic E-state index is 9.03. The van der Waals surface area contributed by atoms with Gasteiger partial charge in [0.2, 0.25) is 0 Å². The quantitative estimate of drug-likeness (QED) is 0.777. The highest BCUT2D eigenvalue weighted by Gasteiger charge is 2.04. The van der Waals surface area contributed by atoms with E-state index in [1.807, 2.05) is 18.2 Å². The predicted octanol–water partition coefficient (Wildman–Crippen LogP) is 3.20. The molecule has 1 unspecified atom stereocenters. The molecule has 0 radical (unpaired) electrons. The molecule has 0 fully saturated rings. The minimum atomic E-state index is 0.142. The highest BCUT2D eigenvalue weighted by molar-refractivity contribution is 6.31. The smallest absolute Gasteiger partial charge is 0.0685 e. The van der Waals surface area contributed by atoms with Crippen LogP contribution in [-0.2, 0) is 0 Å². The number of likely N-dealkylation sites (N-methyl/N-ethyl adjacent to an activating group) is 1. The number of H-pyrrole nitrogens is 1. The standard InChI is InChI=1S/C18H26ClN3O/c1-3-22(11-12-23)10-4-5-14(2)21-17-8-9-20-18-13-15(19)6-7-16(17)18/h6-9,13-14,23H,3-5,10-12H2,1-2H3,(H,20,21)/i8D. The Morgan fingerprint density at radius 1 is 1.43 bits per heavy atom. The van der Waals surface area contributed by atoms with Crippen molar-refractivity contribution in [2.75, 3.05) is 26.2 Å². The van der Waals surface area contributed by atoms with Gasteiger partial charge < -0.3 is 15.0 Å². The van der Waals surface area contributed by atoms with E-state index in [0.29, 0.717) is 11.1 Å². The number of aromatic nitrogens is 1. The molecule has 126 valence electrons. The minimum absolute atomic E-state index is 0.142. The molecule has 23 heavy (non-hydrogen) atoms. The summed E-state index contributed by atoms with van der Waals surface area (Å²) in [5.74, 6) is 0. The highest BCUT2D eigenvalue weighted by Crippen LogP contribution is 2.14. The molecule has 0 bridgehead atoms. The molecule has 0 aliphatic carbocycles. The van der Waals surface area contributed by atoms with Crippen LogP contribution in [0, 0.1) is 0 Å². The second kappa shape index (κ2) is 9.06. The topological polar surface area (TPSA) is 51.6 Å². The number of nitrogens with one attached hydrogen (secondary N) is 1. The number of aliphatic hydroxyl groups excluding tert-OH is 1. The van der Waals surface area contributed by atoms with Gasteiger partial charge in [-0.15, -0.1) is 0 Å². The first-order valence-corrected chi connectivity index (χ1v) is 8.57. The Labute approximate surface area is 144 Å². The van der Waals surface area contributed by atoms with E-state index in [0.717, 1.165) is 48.7 Å². The van der Waals surface area contributed by atoms with E-state index in [1.54, 1.807) is 6.20 Å². The first-order valence-electron chi connectivity index (χ1n) is 8.69. The molecule has 0 aliphatic rings. The Balaban J connectivity index is 2.12. The van der Waals surface area contributed by atoms with E-state index in [2.05, 4.69) is 23.7 Å². The van der Waals surface area contributed by atoms with Gasteiger partial charge in [-0.3, -0.25) is 4.99 Å². The van der Waals surface area contributed by atoms with Crippen molar-refractivity contribution >= 4 is 22.5 Å². The summed E-state index contributed by atoms with van der Waals surface area (Å²) in [6.07, 6.45) is 3.63. The maximum Gasteiger partial charge on any atom is 0.0685 e. The van der Waals surface area contributed by atoms with Crippen LogP contribution in [-0.4, -0.2) is 47.3 Å². The van der Waals surface area contributed by atoms with Crippen LogP contribution in [0.2, 0.25) is 5.02 Å². The van der Waals surface area contributed by atoms with Crippen molar-refractivity contribution in [1.82, 2.24) is 9.88 Å². The summed E-state index contributed by atoms with van der Waals surface area (Å²) in [5, 5.41) is 11.3. The maximum atomic E-state index is 9.03. The first-order chi connectivity index (χ1) is 11.5. The molecule has 0 amide bonds. The number of fused-ring (bicyclic) bond motifs is 1. The molecule has 1 heterocycles. The van der Waals surface area contributed by atoms with E-state index < -0.39 is 0 Å². The molecule has 1 aromatic carbocycles. The van der Waals surface area contributed by atoms with Gasteiger partial charge in [0.15, 0.2) is 0 Å². The first kappa shape index (κ1) is 16.5. The van der Waals surface area contributed by atoms with Gasteiger partial charge in [0.1, 0.15) is 0 Å². The second-order valence-electron chi connectivity index (χ2n) is 5.75. The van der Waals surface area contributed by atoms with Crippen molar-refractivity contribution in [2.45, 2.75) is 32.7 Å². The van der Waals surface area contributed by atoms with Gasteiger partial charge in [-0.05, 0) is 57.1 Å². The zero-order valence-electron chi connectivity index (χ0n) is 14.8. The number of rotatable bonds is 8. The lowest BCUT2D eigenvalue weighted by Gasteiger charge is -2.19. The summed E-state index contributed by atoms with van der Waals surface area (Å²) in [4.78, 5) is 10.1. The summed E-state index contributed by atoms with van der Waals surface area (Å²) in [7, 11) is 0. The van der Waals surface area contributed by atoms with Crippen LogP contribution in [0.15, 0.2) is 35.4 Å². The Hall–Kier alpha value is -1.36. The lowest BCUT2D eigenvalue weighted by atomic mass is 10.1. The van der Waals surface area contributed by atoms with Crippen molar-refractivity contribution in [3.8, 4) is 0 Å². The van der Waals surface area contributed by atoms with Crippen LogP contribution >= 0.6 is 11.6 Å². The van der Waals surface area contributed by atoms with E-state index >= 15 is 0 Å². The lowest BCUT2D eigenvalue weighted by molar-refractivity contribution is 0.199. The van der Waals surface area contributed by atoms with Gasteiger partial charge in [0, 0.05) is 34.7 Å². The van der Waals surface area contributed by atoms with Gasteiger partial charge in [0.05, 0.1) is 13.3 Å². The third-order valence-electron chi connectivity index (χ3n) is 3.98. The lowest BCUT2D eigenvalue weighted by Crippen LogP contribution is -2.28. The fourth-order valence-corrected chi connectivity index (χ4v) is 2.85. The normalized spacial score (nSPS) is 14.5. The van der Waals surface area contributed by atoms with Crippen LogP contribution in [0.5, 0.6) is 0 Å². The van der Waals surface area contributed by atoms with Crippen molar-refractivity contribution in [3.63, 3.8) is 0 Å². The van der Waals surface area contributed by atoms with Crippen LogP contribution in [0.25, 0.3) is 10.9 Å². The van der Waals surface area contributed by atoms with E-state index in [-0.39, 0.29) is 12.6 Å². The molecule has 0 saturated heterocycles. The molecular formula is C18H26ClN3O. The van der Waals surface area contributed by atoms with Gasteiger partial charge >= 0.3 is 0 Å². The molecule has 0 spiro atoms. The number of halogens is 1. The Kier molecular flexibility index (Phi) is 6.50. The number of aromatic amines is 1. The summed E-state index contributed by atoms with van der Waals surface area (Å²) in [6.45, 7) is 7.02. The third kappa shape index (κ3) is 5.34. The van der Waals surface area contributed by atoms with Crippen molar-refractivity contribution < 1.29 is 6.48 Å².